The van der Waals surface area contributed by atoms with E-state index in [1.54, 1.807) is 0 Å². The molecule has 0 radical (unpaired) electrons. The molecule has 2 aromatic carbocycles. The maximum atomic E-state index is 11.5. The number of nitriles is 1. The minimum Gasteiger partial charge on any atom is -0.487 e. The van der Waals surface area contributed by atoms with E-state index in [9.17, 15) is 30.8 Å². The number of rotatable bonds is 7. The fraction of sp³-hybridized carbons (Fsp3) is 0.500. The fourth-order valence-electron chi connectivity index (χ4n) is 4.53. The minimum atomic E-state index is -2.52. The Bertz CT molecular complexity index is 1060. The normalized spacial score (nSPS) is 30.7. The Hall–Kier alpha value is -2.55. The summed E-state index contributed by atoms with van der Waals surface area (Å²) >= 11 is 0. The van der Waals surface area contributed by atoms with E-state index in [0.29, 0.717) is 37.2 Å². The number of benzene rings is 2. The van der Waals surface area contributed by atoms with Crippen molar-refractivity contribution in [2.24, 2.45) is 0 Å². The van der Waals surface area contributed by atoms with E-state index in [2.05, 4.69) is 13.0 Å². The molecule has 5 N–H and O–H groups in total. The second-order valence-corrected chi connectivity index (χ2v) is 9.03. The predicted octanol–water partition coefficient (Wildman–Crippen LogP) is 0.498. The molecule has 9 nitrogen and oxygen atoms in total. The Morgan fingerprint density at radius 2 is 1.83 bits per heavy atom. The Kier molecular flexibility index (Phi) is 7.73. The van der Waals surface area contributed by atoms with Crippen LogP contribution in [0.1, 0.15) is 41.2 Å². The quantitative estimate of drug-likeness (QED) is 0.377. The first-order valence-electron chi connectivity index (χ1n) is 11.8. The van der Waals surface area contributed by atoms with Crippen LogP contribution >= 0.6 is 0 Å². The monoisotopic (exact) mass is 485 g/mol. The van der Waals surface area contributed by atoms with Gasteiger partial charge < -0.3 is 39.7 Å². The van der Waals surface area contributed by atoms with Crippen LogP contribution in [-0.2, 0) is 28.1 Å². The van der Waals surface area contributed by atoms with E-state index in [0.717, 1.165) is 12.0 Å². The van der Waals surface area contributed by atoms with Gasteiger partial charge in [0, 0.05) is 6.42 Å². The van der Waals surface area contributed by atoms with Gasteiger partial charge in [0.15, 0.2) is 0 Å². The van der Waals surface area contributed by atoms with Gasteiger partial charge >= 0.3 is 0 Å². The van der Waals surface area contributed by atoms with Gasteiger partial charge in [-0.25, -0.2) is 0 Å². The number of hydrogen-bond donors (Lipinski definition) is 5. The van der Waals surface area contributed by atoms with Crippen molar-refractivity contribution in [2.45, 2.75) is 62.5 Å². The van der Waals surface area contributed by atoms with Crippen molar-refractivity contribution in [1.82, 2.24) is 0 Å². The van der Waals surface area contributed by atoms with Gasteiger partial charge in [0.25, 0.3) is 0 Å². The van der Waals surface area contributed by atoms with Crippen molar-refractivity contribution in [3.05, 3.63) is 64.2 Å². The number of nitrogens with zero attached hydrogens (tertiary/aromatic N) is 1. The van der Waals surface area contributed by atoms with Crippen molar-refractivity contribution in [3.8, 4) is 11.8 Å². The predicted molar refractivity (Wildman–Crippen MR) is 124 cm³/mol. The number of hydrogen-bond acceptors (Lipinski definition) is 9. The molecule has 2 aliphatic rings. The Morgan fingerprint density at radius 3 is 2.43 bits per heavy atom. The molecule has 35 heavy (non-hydrogen) atoms. The summed E-state index contributed by atoms with van der Waals surface area (Å²) in [6, 6.07) is 13.1. The largest absolute Gasteiger partial charge is 0.487 e. The zero-order chi connectivity index (χ0) is 25.2. The third-order valence-corrected chi connectivity index (χ3v) is 6.69. The molecule has 0 bridgehead atoms. The topological polar surface area (TPSA) is 153 Å². The second kappa shape index (κ2) is 10.6. The number of aryl methyl sites for hydroxylation is 1. The first-order chi connectivity index (χ1) is 16.8. The lowest BCUT2D eigenvalue weighted by Crippen LogP contribution is -2.63. The van der Waals surface area contributed by atoms with Crippen molar-refractivity contribution >= 4 is 0 Å². The highest BCUT2D eigenvalue weighted by Crippen LogP contribution is 2.42. The van der Waals surface area contributed by atoms with Gasteiger partial charge in [0.1, 0.15) is 36.3 Å². The molecule has 0 unspecified atom stereocenters. The van der Waals surface area contributed by atoms with Gasteiger partial charge in [-0.05, 0) is 41.7 Å². The van der Waals surface area contributed by atoms with Crippen LogP contribution in [0.15, 0.2) is 36.4 Å². The molecule has 2 aliphatic heterocycles. The molecule has 188 valence electrons. The zero-order valence-corrected chi connectivity index (χ0v) is 19.5. The molecule has 6 atom stereocenters. The molecule has 2 aromatic rings. The van der Waals surface area contributed by atoms with Crippen molar-refractivity contribution in [1.29, 1.82) is 5.26 Å². The van der Waals surface area contributed by atoms with Crippen molar-refractivity contribution in [3.63, 3.8) is 0 Å². The van der Waals surface area contributed by atoms with E-state index >= 15 is 0 Å². The Balaban J connectivity index is 1.80. The van der Waals surface area contributed by atoms with Crippen LogP contribution in [0.4, 0.5) is 0 Å². The second-order valence-electron chi connectivity index (χ2n) is 9.03. The van der Waals surface area contributed by atoms with Crippen LogP contribution in [0, 0.1) is 11.3 Å². The molecule has 4 rings (SSSR count). The Morgan fingerprint density at radius 1 is 1.11 bits per heavy atom. The van der Waals surface area contributed by atoms with Crippen LogP contribution in [0.25, 0.3) is 0 Å². The summed E-state index contributed by atoms with van der Waals surface area (Å²) in [7, 11) is 0. The number of aliphatic hydroxyl groups excluding tert-OH is 4. The van der Waals surface area contributed by atoms with E-state index in [-0.39, 0.29) is 17.4 Å². The molecular formula is C26H31NO8. The van der Waals surface area contributed by atoms with E-state index in [4.69, 9.17) is 14.2 Å². The van der Waals surface area contributed by atoms with Crippen LogP contribution in [0.5, 0.6) is 5.75 Å². The van der Waals surface area contributed by atoms with Gasteiger partial charge in [-0.3, -0.25) is 0 Å². The average Bonchev–Trinajstić information content (AvgIpc) is 3.39. The molecule has 0 aliphatic carbocycles. The summed E-state index contributed by atoms with van der Waals surface area (Å²) in [4.78, 5) is 0. The smallest absolute Gasteiger partial charge is 0.226 e. The lowest BCUT2D eigenvalue weighted by molar-refractivity contribution is -0.358. The molecule has 0 spiro atoms. The first kappa shape index (κ1) is 25.5. The standard InChI is InChI=1S/C26H31NO8/c1-2-15-3-5-16(6-4-15)9-17-10-20(21(11-18(17)12-27)34-19-7-8-33-14-19)26(32)25(31)24(30)23(29)22(13-28)35-26/h3-6,10-11,19,22-25,28-32H,2,7-9,13-14H2,1H3/t19-,22-,23-,24+,25-,26-/m1/s1. The lowest BCUT2D eigenvalue weighted by Gasteiger charge is -2.46. The molecule has 2 heterocycles. The zero-order valence-electron chi connectivity index (χ0n) is 19.5. The van der Waals surface area contributed by atoms with Crippen molar-refractivity contribution < 1.29 is 39.7 Å². The summed E-state index contributed by atoms with van der Waals surface area (Å²) in [6.45, 7) is 2.17. The van der Waals surface area contributed by atoms with Crippen LogP contribution in [0.2, 0.25) is 0 Å². The van der Waals surface area contributed by atoms with Gasteiger partial charge in [0.2, 0.25) is 5.79 Å². The average molecular weight is 486 g/mol. The van der Waals surface area contributed by atoms with Crippen LogP contribution in [0.3, 0.4) is 0 Å². The fourth-order valence-corrected chi connectivity index (χ4v) is 4.53. The molecule has 0 saturated carbocycles. The number of ether oxygens (including phenoxy) is 3. The number of aliphatic hydroxyl groups is 5. The van der Waals surface area contributed by atoms with Gasteiger partial charge in [-0.15, -0.1) is 0 Å². The van der Waals surface area contributed by atoms with Gasteiger partial charge in [-0.1, -0.05) is 31.2 Å². The van der Waals surface area contributed by atoms with E-state index in [1.165, 1.54) is 17.7 Å². The minimum absolute atomic E-state index is 0.0134. The van der Waals surface area contributed by atoms with Gasteiger partial charge in [-0.2, -0.15) is 5.26 Å². The first-order valence-corrected chi connectivity index (χ1v) is 11.8. The summed E-state index contributed by atoms with van der Waals surface area (Å²) in [5, 5.41) is 62.4. The highest BCUT2D eigenvalue weighted by Gasteiger charge is 2.55. The summed E-state index contributed by atoms with van der Waals surface area (Å²) in [5.41, 5.74) is 2.96. The summed E-state index contributed by atoms with van der Waals surface area (Å²) in [5.74, 6) is -2.43. The molecule has 0 aromatic heterocycles. The Labute approximate surface area is 203 Å². The third-order valence-electron chi connectivity index (χ3n) is 6.69. The van der Waals surface area contributed by atoms with Crippen molar-refractivity contribution in [2.75, 3.05) is 19.8 Å². The van der Waals surface area contributed by atoms with Crippen LogP contribution < -0.4 is 4.74 Å². The highest BCUT2D eigenvalue weighted by atomic mass is 16.7. The SMILES string of the molecule is CCc1ccc(Cc2cc([C@@]3(O)O[C@H](CO)[C@@H](O)[C@H](O)[C@H]3O)c(O[C@@H]3CCOC3)cc2C#N)cc1. The van der Waals surface area contributed by atoms with Crippen LogP contribution in [-0.4, -0.2) is 75.9 Å². The maximum absolute atomic E-state index is 11.5. The highest BCUT2D eigenvalue weighted by molar-refractivity contribution is 5.52. The summed E-state index contributed by atoms with van der Waals surface area (Å²) in [6.07, 6.45) is -5.22. The molecule has 9 heteroatoms. The third kappa shape index (κ3) is 5.06. The molecule has 2 saturated heterocycles. The lowest BCUT2D eigenvalue weighted by atomic mass is 9.85. The van der Waals surface area contributed by atoms with Gasteiger partial charge in [0.05, 0.1) is 37.0 Å². The van der Waals surface area contributed by atoms with E-state index in [1.807, 2.05) is 24.3 Å². The molecular weight excluding hydrogens is 454 g/mol. The molecule has 0 amide bonds. The van der Waals surface area contributed by atoms with E-state index < -0.39 is 36.8 Å². The summed E-state index contributed by atoms with van der Waals surface area (Å²) < 4.78 is 17.0. The molecule has 2 fully saturated rings. The maximum Gasteiger partial charge on any atom is 0.226 e.